The third-order valence-electron chi connectivity index (χ3n) is 3.96. The molecule has 1 aliphatic rings. The zero-order valence-corrected chi connectivity index (χ0v) is 13.0. The number of benzene rings is 1. The number of halogens is 3. The molecule has 0 saturated carbocycles. The average molecular weight is 330 g/mol. The Morgan fingerprint density at radius 3 is 2.35 bits per heavy atom. The maximum Gasteiger partial charge on any atom is 0.416 e. The number of hydrogen-bond donors (Lipinski definition) is 1. The minimum atomic E-state index is -4.33. The molecule has 0 unspecified atom stereocenters. The van der Waals surface area contributed by atoms with E-state index in [0.29, 0.717) is 32.5 Å². The molecule has 1 aromatic rings. The summed E-state index contributed by atoms with van der Waals surface area (Å²) < 4.78 is 37.5. The number of likely N-dealkylation sites (N-methyl/N-ethyl adjacent to an activating group) is 1. The summed E-state index contributed by atoms with van der Waals surface area (Å²) in [6, 6.07) is 4.97. The van der Waals surface area contributed by atoms with Gasteiger partial charge in [-0.3, -0.25) is 9.69 Å². The predicted molar refractivity (Wildman–Crippen MR) is 79.6 cm³/mol. The highest BCUT2D eigenvalue weighted by Gasteiger charge is 2.30. The Morgan fingerprint density at radius 1 is 1.26 bits per heavy atom. The largest absolute Gasteiger partial charge is 0.416 e. The van der Waals surface area contributed by atoms with E-state index in [4.69, 9.17) is 0 Å². The normalized spacial score (nSPS) is 16.9. The third-order valence-corrected chi connectivity index (χ3v) is 3.96. The minimum absolute atomic E-state index is 0.0219. The fourth-order valence-electron chi connectivity index (χ4n) is 2.61. The van der Waals surface area contributed by atoms with Crippen LogP contribution < -0.4 is 0 Å². The summed E-state index contributed by atoms with van der Waals surface area (Å²) in [6.07, 6.45) is -3.48. The highest BCUT2D eigenvalue weighted by atomic mass is 19.4. The molecular formula is C16H21F3N2O2. The Morgan fingerprint density at radius 2 is 1.83 bits per heavy atom. The summed E-state index contributed by atoms with van der Waals surface area (Å²) in [5, 5.41) is 9.44. The lowest BCUT2D eigenvalue weighted by molar-refractivity contribution is -0.137. The highest BCUT2D eigenvalue weighted by Crippen LogP contribution is 2.29. The van der Waals surface area contributed by atoms with Crippen LogP contribution in [0.2, 0.25) is 0 Å². The van der Waals surface area contributed by atoms with Crippen molar-refractivity contribution in [3.63, 3.8) is 0 Å². The topological polar surface area (TPSA) is 43.8 Å². The molecule has 128 valence electrons. The van der Waals surface area contributed by atoms with E-state index in [1.165, 1.54) is 12.1 Å². The molecule has 1 heterocycles. The lowest BCUT2D eigenvalue weighted by Gasteiger charge is -2.31. The molecule has 2 rings (SSSR count). The summed E-state index contributed by atoms with van der Waals surface area (Å²) in [6.45, 7) is 1.71. The van der Waals surface area contributed by atoms with Gasteiger partial charge in [-0.15, -0.1) is 0 Å². The smallest absolute Gasteiger partial charge is 0.393 e. The van der Waals surface area contributed by atoms with Crippen molar-refractivity contribution in [3.8, 4) is 0 Å². The molecule has 0 aromatic heterocycles. The number of likely N-dealkylation sites (tertiary alicyclic amines) is 1. The first-order valence-corrected chi connectivity index (χ1v) is 7.56. The lowest BCUT2D eigenvalue weighted by atomic mass is 10.1. The monoisotopic (exact) mass is 330 g/mol. The van der Waals surface area contributed by atoms with Crippen molar-refractivity contribution in [2.45, 2.75) is 31.7 Å². The number of amides is 1. The molecule has 1 fully saturated rings. The zero-order chi connectivity index (χ0) is 17.0. The van der Waals surface area contributed by atoms with Crippen LogP contribution in [0.5, 0.6) is 0 Å². The molecule has 1 aliphatic heterocycles. The molecule has 7 heteroatoms. The van der Waals surface area contributed by atoms with Crippen molar-refractivity contribution in [1.82, 2.24) is 9.80 Å². The van der Waals surface area contributed by atoms with Crippen LogP contribution in [-0.2, 0) is 17.5 Å². The van der Waals surface area contributed by atoms with Crippen molar-refractivity contribution in [2.75, 3.05) is 26.7 Å². The molecule has 23 heavy (non-hydrogen) atoms. The van der Waals surface area contributed by atoms with Gasteiger partial charge < -0.3 is 10.0 Å². The number of piperidine rings is 1. The molecule has 0 bridgehead atoms. The van der Waals surface area contributed by atoms with E-state index in [2.05, 4.69) is 0 Å². The molecule has 1 amide bonds. The van der Waals surface area contributed by atoms with Gasteiger partial charge in [0.1, 0.15) is 0 Å². The maximum atomic E-state index is 12.5. The average Bonchev–Trinajstić information content (AvgIpc) is 2.47. The van der Waals surface area contributed by atoms with Crippen LogP contribution in [0.25, 0.3) is 0 Å². The van der Waals surface area contributed by atoms with Crippen molar-refractivity contribution in [3.05, 3.63) is 35.4 Å². The van der Waals surface area contributed by atoms with E-state index >= 15 is 0 Å². The van der Waals surface area contributed by atoms with Gasteiger partial charge in [-0.2, -0.15) is 13.2 Å². The SMILES string of the molecule is CN(CC(=O)N1CCC(O)CC1)Cc1ccc(C(F)(F)F)cc1. The molecule has 0 radical (unpaired) electrons. The second-order valence-electron chi connectivity index (χ2n) is 5.98. The van der Waals surface area contributed by atoms with Gasteiger partial charge in [0.25, 0.3) is 0 Å². The van der Waals surface area contributed by atoms with Crippen LogP contribution in [0.3, 0.4) is 0 Å². The Bertz CT molecular complexity index is 523. The second-order valence-corrected chi connectivity index (χ2v) is 5.98. The van der Waals surface area contributed by atoms with E-state index in [-0.39, 0.29) is 18.6 Å². The number of carbonyl (C=O) groups excluding carboxylic acids is 1. The van der Waals surface area contributed by atoms with Crippen molar-refractivity contribution in [2.24, 2.45) is 0 Å². The van der Waals surface area contributed by atoms with Gasteiger partial charge in [-0.1, -0.05) is 12.1 Å². The Kier molecular flexibility index (Phi) is 5.64. The van der Waals surface area contributed by atoms with Crippen LogP contribution in [0.4, 0.5) is 13.2 Å². The number of alkyl halides is 3. The van der Waals surface area contributed by atoms with Crippen molar-refractivity contribution in [1.29, 1.82) is 0 Å². The molecule has 1 N–H and O–H groups in total. The van der Waals surface area contributed by atoms with Crippen LogP contribution in [0, 0.1) is 0 Å². The molecule has 1 saturated heterocycles. The van der Waals surface area contributed by atoms with Gasteiger partial charge in [-0.25, -0.2) is 0 Å². The number of aliphatic hydroxyl groups excluding tert-OH is 1. The molecule has 1 aromatic carbocycles. The van der Waals surface area contributed by atoms with E-state index in [1.54, 1.807) is 16.8 Å². The fourth-order valence-corrected chi connectivity index (χ4v) is 2.61. The van der Waals surface area contributed by atoms with E-state index < -0.39 is 11.7 Å². The van der Waals surface area contributed by atoms with Crippen LogP contribution in [-0.4, -0.2) is 53.6 Å². The second kappa shape index (κ2) is 7.31. The number of hydrogen-bond acceptors (Lipinski definition) is 3. The number of nitrogens with zero attached hydrogens (tertiary/aromatic N) is 2. The van der Waals surface area contributed by atoms with E-state index in [0.717, 1.165) is 17.7 Å². The number of carbonyl (C=O) groups is 1. The zero-order valence-electron chi connectivity index (χ0n) is 13.0. The van der Waals surface area contributed by atoms with Gasteiger partial charge in [0.2, 0.25) is 5.91 Å². The first-order chi connectivity index (χ1) is 10.8. The first-order valence-electron chi connectivity index (χ1n) is 7.56. The Hall–Kier alpha value is -1.60. The summed E-state index contributed by atoms with van der Waals surface area (Å²) >= 11 is 0. The molecule has 4 nitrogen and oxygen atoms in total. The van der Waals surface area contributed by atoms with Crippen molar-refractivity contribution >= 4 is 5.91 Å². The fraction of sp³-hybridized carbons (Fsp3) is 0.562. The Balaban J connectivity index is 1.84. The molecular weight excluding hydrogens is 309 g/mol. The van der Waals surface area contributed by atoms with Crippen LogP contribution in [0.15, 0.2) is 24.3 Å². The highest BCUT2D eigenvalue weighted by molar-refractivity contribution is 5.78. The summed E-state index contributed by atoms with van der Waals surface area (Å²) in [7, 11) is 1.76. The van der Waals surface area contributed by atoms with Gasteiger partial charge in [0.05, 0.1) is 18.2 Å². The summed E-state index contributed by atoms with van der Waals surface area (Å²) in [5.41, 5.74) is 0.0502. The van der Waals surface area contributed by atoms with Gasteiger partial charge >= 0.3 is 6.18 Å². The van der Waals surface area contributed by atoms with Gasteiger partial charge in [0.15, 0.2) is 0 Å². The Labute approximate surface area is 133 Å². The standard InChI is InChI=1S/C16H21F3N2O2/c1-20(11-15(23)21-8-6-14(22)7-9-21)10-12-2-4-13(5-3-12)16(17,18)19/h2-5,14,22H,6-11H2,1H3. The van der Waals surface area contributed by atoms with Crippen LogP contribution >= 0.6 is 0 Å². The van der Waals surface area contributed by atoms with Crippen molar-refractivity contribution < 1.29 is 23.1 Å². The summed E-state index contributed by atoms with van der Waals surface area (Å²) in [4.78, 5) is 15.6. The third kappa shape index (κ3) is 5.21. The number of aliphatic hydroxyl groups is 1. The van der Waals surface area contributed by atoms with E-state index in [1.807, 2.05) is 0 Å². The van der Waals surface area contributed by atoms with Crippen LogP contribution in [0.1, 0.15) is 24.0 Å². The maximum absolute atomic E-state index is 12.5. The minimum Gasteiger partial charge on any atom is -0.393 e. The van der Waals surface area contributed by atoms with Gasteiger partial charge in [-0.05, 0) is 37.6 Å². The first kappa shape index (κ1) is 17.7. The molecule has 0 spiro atoms. The predicted octanol–water partition coefficient (Wildman–Crippen LogP) is 2.12. The number of rotatable bonds is 4. The summed E-state index contributed by atoms with van der Waals surface area (Å²) in [5.74, 6) is -0.0219. The van der Waals surface area contributed by atoms with Gasteiger partial charge in [0, 0.05) is 19.6 Å². The quantitative estimate of drug-likeness (QED) is 0.920. The lowest BCUT2D eigenvalue weighted by Crippen LogP contribution is -2.44. The molecule has 0 aliphatic carbocycles. The molecule has 0 atom stereocenters. The van der Waals surface area contributed by atoms with E-state index in [9.17, 15) is 23.1 Å².